The SMILES string of the molecule is c1ccc(-c2ccc(C3Nc4oc5ccccc5c4NC3n3c4ccccc4c4cc5ccccc5cc43)cc2)nc1. The lowest BCUT2D eigenvalue weighted by molar-refractivity contribution is 0.484. The van der Waals surface area contributed by atoms with Gasteiger partial charge in [-0.15, -0.1) is 0 Å². The number of fused-ring (bicyclic) bond motifs is 7. The molecule has 4 heterocycles. The number of benzene rings is 5. The van der Waals surface area contributed by atoms with Gasteiger partial charge in [0.25, 0.3) is 0 Å². The molecular weight excluding hydrogens is 516 g/mol. The van der Waals surface area contributed by atoms with E-state index < -0.39 is 0 Å². The summed E-state index contributed by atoms with van der Waals surface area (Å²) in [6.07, 6.45) is 1.70. The number of nitrogens with zero attached hydrogens (tertiary/aromatic N) is 2. The van der Waals surface area contributed by atoms with Gasteiger partial charge in [0.1, 0.15) is 17.4 Å². The zero-order valence-electron chi connectivity index (χ0n) is 22.7. The fourth-order valence-corrected chi connectivity index (χ4v) is 6.60. The van der Waals surface area contributed by atoms with E-state index in [1.807, 2.05) is 36.5 Å². The van der Waals surface area contributed by atoms with Gasteiger partial charge in [-0.25, -0.2) is 0 Å². The van der Waals surface area contributed by atoms with Gasteiger partial charge in [0.05, 0.1) is 22.8 Å². The van der Waals surface area contributed by atoms with Crippen LogP contribution in [0.15, 0.2) is 138 Å². The highest BCUT2D eigenvalue weighted by Gasteiger charge is 2.35. The van der Waals surface area contributed by atoms with Crippen molar-refractivity contribution in [1.82, 2.24) is 9.55 Å². The molecule has 9 rings (SSSR count). The van der Waals surface area contributed by atoms with Gasteiger partial charge in [0.2, 0.25) is 5.88 Å². The van der Waals surface area contributed by atoms with Crippen LogP contribution in [-0.2, 0) is 0 Å². The molecule has 0 fully saturated rings. The van der Waals surface area contributed by atoms with Gasteiger partial charge >= 0.3 is 0 Å². The number of hydrogen-bond acceptors (Lipinski definition) is 4. The number of anilines is 2. The van der Waals surface area contributed by atoms with Crippen LogP contribution < -0.4 is 10.6 Å². The third-order valence-electron chi connectivity index (χ3n) is 8.58. The minimum Gasteiger partial charge on any atom is -0.438 e. The van der Waals surface area contributed by atoms with Crippen LogP contribution in [0.1, 0.15) is 17.8 Å². The van der Waals surface area contributed by atoms with Crippen molar-refractivity contribution in [3.05, 3.63) is 139 Å². The van der Waals surface area contributed by atoms with E-state index in [1.54, 1.807) is 0 Å². The largest absolute Gasteiger partial charge is 0.438 e. The zero-order valence-corrected chi connectivity index (χ0v) is 22.7. The van der Waals surface area contributed by atoms with Crippen molar-refractivity contribution in [2.75, 3.05) is 10.6 Å². The molecule has 2 N–H and O–H groups in total. The molecule has 1 aliphatic heterocycles. The van der Waals surface area contributed by atoms with Gasteiger partial charge in [0, 0.05) is 27.9 Å². The summed E-state index contributed by atoms with van der Waals surface area (Å²) in [4.78, 5) is 4.55. The van der Waals surface area contributed by atoms with Crippen molar-refractivity contribution >= 4 is 55.1 Å². The summed E-state index contributed by atoms with van der Waals surface area (Å²) in [5.74, 6) is 0.762. The predicted molar refractivity (Wildman–Crippen MR) is 172 cm³/mol. The standard InChI is InChI=1S/C37H26N4O/c1-2-10-26-22-32-29(21-25(26)9-1)27-11-3-5-14-31(27)41(32)36-34(24-18-16-23(17-19-24)30-13-7-8-20-38-30)40-37-35(39-36)28-12-4-6-15-33(28)42-37/h1-22,34,36,39-40H. The van der Waals surface area contributed by atoms with Gasteiger partial charge in [0.15, 0.2) is 0 Å². The second-order valence-electron chi connectivity index (χ2n) is 11.0. The van der Waals surface area contributed by atoms with Crippen LogP contribution in [0, 0.1) is 0 Å². The number of nitrogens with one attached hydrogen (secondary N) is 2. The minimum absolute atomic E-state index is 0.110. The highest BCUT2D eigenvalue weighted by molar-refractivity contribution is 6.13. The Morgan fingerprint density at radius 1 is 0.619 bits per heavy atom. The highest BCUT2D eigenvalue weighted by atomic mass is 16.4. The Balaban J connectivity index is 1.28. The third-order valence-corrected chi connectivity index (χ3v) is 8.58. The molecule has 0 saturated carbocycles. The van der Waals surface area contributed by atoms with Crippen molar-refractivity contribution in [2.45, 2.75) is 12.2 Å². The summed E-state index contributed by atoms with van der Waals surface area (Å²) in [5, 5.41) is 13.8. The zero-order chi connectivity index (χ0) is 27.6. The van der Waals surface area contributed by atoms with Crippen LogP contribution in [-0.4, -0.2) is 9.55 Å². The van der Waals surface area contributed by atoms with E-state index in [1.165, 1.54) is 32.6 Å². The molecule has 5 aromatic carbocycles. The van der Waals surface area contributed by atoms with E-state index in [0.717, 1.165) is 39.4 Å². The highest BCUT2D eigenvalue weighted by Crippen LogP contribution is 2.48. The van der Waals surface area contributed by atoms with E-state index in [9.17, 15) is 0 Å². The van der Waals surface area contributed by atoms with Crippen molar-refractivity contribution in [2.24, 2.45) is 0 Å². The number of furan rings is 1. The number of aromatic nitrogens is 2. The Hall–Kier alpha value is -5.55. The third kappa shape index (κ3) is 3.47. The van der Waals surface area contributed by atoms with Crippen LogP contribution in [0.3, 0.4) is 0 Å². The Bertz CT molecular complexity index is 2260. The predicted octanol–water partition coefficient (Wildman–Crippen LogP) is 9.53. The number of para-hydroxylation sites is 2. The van der Waals surface area contributed by atoms with Gasteiger partial charge in [-0.1, -0.05) is 84.9 Å². The smallest absolute Gasteiger partial charge is 0.218 e. The van der Waals surface area contributed by atoms with Crippen LogP contribution in [0.25, 0.3) is 54.8 Å². The quantitative estimate of drug-likeness (QED) is 0.233. The first-order valence-corrected chi connectivity index (χ1v) is 14.3. The molecule has 42 heavy (non-hydrogen) atoms. The molecule has 0 amide bonds. The van der Waals surface area contributed by atoms with Gasteiger partial charge in [-0.2, -0.15) is 0 Å². The average Bonchev–Trinajstić information content (AvgIpc) is 3.58. The molecule has 200 valence electrons. The Kier molecular flexibility index (Phi) is 4.96. The monoisotopic (exact) mass is 542 g/mol. The fourth-order valence-electron chi connectivity index (χ4n) is 6.60. The van der Waals surface area contributed by atoms with E-state index >= 15 is 0 Å². The molecular formula is C37H26N4O. The summed E-state index contributed by atoms with van der Waals surface area (Å²) in [5.41, 5.74) is 7.44. The average molecular weight is 543 g/mol. The summed E-state index contributed by atoms with van der Waals surface area (Å²) < 4.78 is 8.81. The van der Waals surface area contributed by atoms with Gasteiger partial charge in [-0.05, 0) is 58.8 Å². The van der Waals surface area contributed by atoms with E-state index in [4.69, 9.17) is 4.42 Å². The first kappa shape index (κ1) is 23.2. The van der Waals surface area contributed by atoms with Crippen molar-refractivity contribution in [1.29, 1.82) is 0 Å². The molecule has 0 aliphatic carbocycles. The number of rotatable bonds is 3. The summed E-state index contributed by atoms with van der Waals surface area (Å²) in [6.45, 7) is 0. The van der Waals surface area contributed by atoms with Crippen molar-refractivity contribution in [3.8, 4) is 11.3 Å². The lowest BCUT2D eigenvalue weighted by Crippen LogP contribution is -2.33. The first-order chi connectivity index (χ1) is 20.8. The summed E-state index contributed by atoms with van der Waals surface area (Å²) >= 11 is 0. The molecule has 2 atom stereocenters. The molecule has 1 aliphatic rings. The summed E-state index contributed by atoms with van der Waals surface area (Å²) in [6, 6.07) is 44.8. The van der Waals surface area contributed by atoms with Gasteiger partial charge < -0.3 is 19.6 Å². The van der Waals surface area contributed by atoms with Crippen molar-refractivity contribution < 1.29 is 4.42 Å². The van der Waals surface area contributed by atoms with E-state index in [-0.39, 0.29) is 12.2 Å². The van der Waals surface area contributed by atoms with Crippen LogP contribution in [0.5, 0.6) is 0 Å². The molecule has 0 saturated heterocycles. The summed E-state index contributed by atoms with van der Waals surface area (Å²) in [7, 11) is 0. The molecule has 8 aromatic rings. The Morgan fingerprint density at radius 3 is 2.19 bits per heavy atom. The molecule has 5 nitrogen and oxygen atoms in total. The molecule has 5 heteroatoms. The van der Waals surface area contributed by atoms with E-state index in [0.29, 0.717) is 0 Å². The van der Waals surface area contributed by atoms with E-state index in [2.05, 4.69) is 117 Å². The van der Waals surface area contributed by atoms with Crippen LogP contribution >= 0.6 is 0 Å². The maximum Gasteiger partial charge on any atom is 0.218 e. The molecule has 0 spiro atoms. The number of hydrogen-bond donors (Lipinski definition) is 2. The van der Waals surface area contributed by atoms with Crippen molar-refractivity contribution in [3.63, 3.8) is 0 Å². The lowest BCUT2D eigenvalue weighted by Gasteiger charge is -2.36. The number of pyridine rings is 1. The second kappa shape index (κ2) is 8.98. The maximum atomic E-state index is 6.34. The first-order valence-electron chi connectivity index (χ1n) is 14.3. The van der Waals surface area contributed by atoms with Gasteiger partial charge in [-0.3, -0.25) is 4.98 Å². The Labute approximate surface area is 242 Å². The maximum absolute atomic E-state index is 6.34. The topological polar surface area (TPSA) is 55.0 Å². The van der Waals surface area contributed by atoms with Crippen LogP contribution in [0.2, 0.25) is 0 Å². The fraction of sp³-hybridized carbons (Fsp3) is 0.0541. The molecule has 0 radical (unpaired) electrons. The van der Waals surface area contributed by atoms with Crippen LogP contribution in [0.4, 0.5) is 11.6 Å². The molecule has 0 bridgehead atoms. The second-order valence-corrected chi connectivity index (χ2v) is 11.0. The molecule has 2 unspecified atom stereocenters. The molecule has 3 aromatic heterocycles. The minimum atomic E-state index is -0.136. The lowest BCUT2D eigenvalue weighted by atomic mass is 9.98. The normalized spacial score (nSPS) is 16.5. The Morgan fingerprint density at radius 2 is 1.36 bits per heavy atom.